The summed E-state index contributed by atoms with van der Waals surface area (Å²) in [4.78, 5) is 12.6. The van der Waals surface area contributed by atoms with Crippen LogP contribution in [-0.2, 0) is 0 Å². The van der Waals surface area contributed by atoms with Crippen molar-refractivity contribution in [1.29, 1.82) is 0 Å². The summed E-state index contributed by atoms with van der Waals surface area (Å²) in [7, 11) is 2.22. The molecule has 2 aliphatic rings. The molecule has 3 unspecified atom stereocenters. The highest BCUT2D eigenvalue weighted by molar-refractivity contribution is 14.0. The first-order valence-corrected chi connectivity index (χ1v) is 11.0. The van der Waals surface area contributed by atoms with Crippen molar-refractivity contribution in [3.05, 3.63) is 0 Å². The molecule has 0 aromatic rings. The molecule has 2 heterocycles. The zero-order chi connectivity index (χ0) is 20.0. The van der Waals surface area contributed by atoms with Gasteiger partial charge >= 0.3 is 0 Å². The van der Waals surface area contributed by atoms with Gasteiger partial charge in [0.25, 0.3) is 0 Å². The van der Waals surface area contributed by atoms with Gasteiger partial charge in [0.1, 0.15) is 0 Å². The van der Waals surface area contributed by atoms with Crippen LogP contribution in [0.5, 0.6) is 0 Å². The quantitative estimate of drug-likeness (QED) is 0.314. The second kappa shape index (κ2) is 12.5. The summed E-state index contributed by atoms with van der Waals surface area (Å²) < 4.78 is 0. The fraction of sp³-hybridized carbons (Fsp3) is 0.952. The molecule has 2 saturated heterocycles. The third-order valence-corrected chi connectivity index (χ3v) is 6.25. The lowest BCUT2D eigenvalue weighted by Crippen LogP contribution is -2.52. The maximum absolute atomic E-state index is 5.02. The highest BCUT2D eigenvalue weighted by Gasteiger charge is 2.31. The number of likely N-dealkylation sites (tertiary alicyclic amines) is 1. The molecule has 2 N–H and O–H groups in total. The monoisotopic (exact) mass is 508 g/mol. The summed E-state index contributed by atoms with van der Waals surface area (Å²) in [5.41, 5.74) is 0. The van der Waals surface area contributed by atoms with Crippen LogP contribution >= 0.6 is 24.0 Å². The Kier molecular flexibility index (Phi) is 11.6. The molecule has 0 aromatic heterocycles. The minimum atomic E-state index is 0. The van der Waals surface area contributed by atoms with Gasteiger partial charge in [-0.05, 0) is 39.7 Å². The van der Waals surface area contributed by atoms with E-state index < -0.39 is 0 Å². The number of nitrogens with one attached hydrogen (secondary N) is 2. The van der Waals surface area contributed by atoms with E-state index in [1.165, 1.54) is 6.54 Å². The van der Waals surface area contributed by atoms with Crippen molar-refractivity contribution in [3.8, 4) is 0 Å². The molecule has 2 aliphatic heterocycles. The molecule has 6 nitrogen and oxygen atoms in total. The molecule has 2 fully saturated rings. The molecule has 0 aliphatic carbocycles. The standard InChI is InChI=1S/C21H44N6.HI/c1-8-22-21(24-19-15-27(17(4)5)14-18(19)6)23-13-20(16(2)3)26-11-9-25(7)10-12-26;/h16-20H,8-15H2,1-7H3,(H2,22,23,24);1H. The lowest BCUT2D eigenvalue weighted by atomic mass is 10.0. The van der Waals surface area contributed by atoms with E-state index in [1.54, 1.807) is 0 Å². The van der Waals surface area contributed by atoms with E-state index in [1.807, 2.05) is 0 Å². The molecule has 3 atom stereocenters. The molecule has 7 heteroatoms. The van der Waals surface area contributed by atoms with Gasteiger partial charge in [-0.3, -0.25) is 14.8 Å². The van der Waals surface area contributed by atoms with E-state index in [9.17, 15) is 0 Å². The summed E-state index contributed by atoms with van der Waals surface area (Å²) in [5, 5.41) is 7.20. The lowest BCUT2D eigenvalue weighted by Gasteiger charge is -2.39. The molecular weight excluding hydrogens is 463 g/mol. The summed E-state index contributed by atoms with van der Waals surface area (Å²) in [6, 6.07) is 1.61. The van der Waals surface area contributed by atoms with Crippen LogP contribution in [-0.4, -0.2) is 98.2 Å². The van der Waals surface area contributed by atoms with Crippen LogP contribution in [0.3, 0.4) is 0 Å². The van der Waals surface area contributed by atoms with Crippen LogP contribution in [0.2, 0.25) is 0 Å². The molecule has 2 rings (SSSR count). The van der Waals surface area contributed by atoms with Crippen molar-refractivity contribution >= 4 is 29.9 Å². The van der Waals surface area contributed by atoms with Gasteiger partial charge in [0, 0.05) is 63.9 Å². The van der Waals surface area contributed by atoms with Crippen molar-refractivity contribution in [3.63, 3.8) is 0 Å². The number of rotatable bonds is 7. The first kappa shape index (κ1) is 25.9. The zero-order valence-corrected chi connectivity index (χ0v) is 21.6. The third kappa shape index (κ3) is 7.61. The Morgan fingerprint density at radius 3 is 2.18 bits per heavy atom. The minimum absolute atomic E-state index is 0. The Bertz CT molecular complexity index is 462. The number of halogens is 1. The van der Waals surface area contributed by atoms with Crippen LogP contribution in [0.25, 0.3) is 0 Å². The predicted molar refractivity (Wildman–Crippen MR) is 132 cm³/mol. The van der Waals surface area contributed by atoms with Crippen molar-refractivity contribution in [2.24, 2.45) is 16.8 Å². The van der Waals surface area contributed by atoms with Gasteiger partial charge in [0.15, 0.2) is 5.96 Å². The summed E-state index contributed by atoms with van der Waals surface area (Å²) in [6.45, 7) is 22.4. The second-order valence-corrected chi connectivity index (χ2v) is 9.15. The van der Waals surface area contributed by atoms with E-state index in [0.717, 1.165) is 51.8 Å². The van der Waals surface area contributed by atoms with Gasteiger partial charge in [-0.25, -0.2) is 0 Å². The van der Waals surface area contributed by atoms with E-state index >= 15 is 0 Å². The third-order valence-electron chi connectivity index (χ3n) is 6.25. The van der Waals surface area contributed by atoms with E-state index in [4.69, 9.17) is 4.99 Å². The molecule has 0 aromatic carbocycles. The number of aliphatic imine (C=N–C) groups is 1. The first-order valence-electron chi connectivity index (χ1n) is 11.0. The largest absolute Gasteiger partial charge is 0.357 e. The highest BCUT2D eigenvalue weighted by Crippen LogP contribution is 2.19. The summed E-state index contributed by atoms with van der Waals surface area (Å²) >= 11 is 0. The number of nitrogens with zero attached hydrogens (tertiary/aromatic N) is 4. The number of guanidine groups is 1. The SMILES string of the molecule is CCNC(=NCC(C(C)C)N1CCN(C)CC1)NC1CN(C(C)C)CC1C.I. The fourth-order valence-corrected chi connectivity index (χ4v) is 4.20. The van der Waals surface area contributed by atoms with Gasteiger partial charge in [0.2, 0.25) is 0 Å². The summed E-state index contributed by atoms with van der Waals surface area (Å²) in [5.74, 6) is 2.25. The Hall–Kier alpha value is -0.120. The minimum Gasteiger partial charge on any atom is -0.357 e. The van der Waals surface area contributed by atoms with Gasteiger partial charge in [-0.2, -0.15) is 0 Å². The van der Waals surface area contributed by atoms with Crippen LogP contribution in [0.4, 0.5) is 0 Å². The molecule has 0 radical (unpaired) electrons. The maximum atomic E-state index is 5.02. The second-order valence-electron chi connectivity index (χ2n) is 9.15. The van der Waals surface area contributed by atoms with Gasteiger partial charge in [0.05, 0.1) is 6.54 Å². The number of piperazine rings is 1. The van der Waals surface area contributed by atoms with Gasteiger partial charge in [-0.15, -0.1) is 24.0 Å². The molecular formula is C21H45IN6. The van der Waals surface area contributed by atoms with Gasteiger partial charge in [-0.1, -0.05) is 20.8 Å². The average Bonchev–Trinajstić information content (AvgIpc) is 2.97. The molecule has 166 valence electrons. The first-order chi connectivity index (χ1) is 12.8. The molecule has 0 amide bonds. The summed E-state index contributed by atoms with van der Waals surface area (Å²) in [6.07, 6.45) is 0. The number of likely N-dealkylation sites (N-methyl/N-ethyl adjacent to an activating group) is 1. The molecule has 28 heavy (non-hydrogen) atoms. The fourth-order valence-electron chi connectivity index (χ4n) is 4.20. The van der Waals surface area contributed by atoms with Crippen molar-refractivity contribution in [1.82, 2.24) is 25.3 Å². The van der Waals surface area contributed by atoms with Crippen molar-refractivity contribution < 1.29 is 0 Å². The van der Waals surface area contributed by atoms with E-state index in [0.29, 0.717) is 30.0 Å². The Morgan fingerprint density at radius 2 is 1.68 bits per heavy atom. The zero-order valence-electron chi connectivity index (χ0n) is 19.2. The van der Waals surface area contributed by atoms with E-state index in [2.05, 4.69) is 73.9 Å². The van der Waals surface area contributed by atoms with Gasteiger partial charge < -0.3 is 15.5 Å². The topological polar surface area (TPSA) is 46.1 Å². The maximum Gasteiger partial charge on any atom is 0.191 e. The Balaban J connectivity index is 0.00000392. The molecule has 0 spiro atoms. The van der Waals surface area contributed by atoms with Crippen LogP contribution < -0.4 is 10.6 Å². The van der Waals surface area contributed by atoms with Crippen LogP contribution in [0.1, 0.15) is 41.5 Å². The molecule has 0 bridgehead atoms. The Labute approximate surface area is 190 Å². The number of hydrogen-bond acceptors (Lipinski definition) is 4. The van der Waals surface area contributed by atoms with Crippen molar-refractivity contribution in [2.45, 2.75) is 59.7 Å². The smallest absolute Gasteiger partial charge is 0.191 e. The highest BCUT2D eigenvalue weighted by atomic mass is 127. The normalized spacial score (nSPS) is 26.5. The lowest BCUT2D eigenvalue weighted by molar-refractivity contribution is 0.0925. The van der Waals surface area contributed by atoms with Crippen molar-refractivity contribution in [2.75, 3.05) is 59.4 Å². The van der Waals surface area contributed by atoms with Crippen LogP contribution in [0, 0.1) is 11.8 Å². The predicted octanol–water partition coefficient (Wildman–Crippen LogP) is 2.16. The number of hydrogen-bond donors (Lipinski definition) is 2. The van der Waals surface area contributed by atoms with Crippen LogP contribution in [0.15, 0.2) is 4.99 Å². The average molecular weight is 509 g/mol. The molecule has 0 saturated carbocycles. The Morgan fingerprint density at radius 1 is 1.04 bits per heavy atom. The van der Waals surface area contributed by atoms with E-state index in [-0.39, 0.29) is 24.0 Å².